The third-order valence-electron chi connectivity index (χ3n) is 8.09. The second-order valence-electron chi connectivity index (χ2n) is 11.0. The number of amides is 1. The second-order valence-corrected chi connectivity index (χ2v) is 11.4. The molecule has 0 radical (unpaired) electrons. The van der Waals surface area contributed by atoms with E-state index in [4.69, 9.17) is 25.8 Å². The van der Waals surface area contributed by atoms with Gasteiger partial charge >= 0.3 is 5.97 Å². The molecule has 0 saturated heterocycles. The van der Waals surface area contributed by atoms with Crippen molar-refractivity contribution in [1.82, 2.24) is 0 Å². The molecule has 4 aromatic carbocycles. The zero-order valence-electron chi connectivity index (χ0n) is 24.1. The predicted molar refractivity (Wildman–Crippen MR) is 167 cm³/mol. The van der Waals surface area contributed by atoms with Gasteiger partial charge in [-0.05, 0) is 54.4 Å². The molecule has 0 N–H and O–H groups in total. The molecule has 220 valence electrons. The number of ether oxygens (including phenoxy) is 3. The van der Waals surface area contributed by atoms with Gasteiger partial charge < -0.3 is 24.0 Å². The van der Waals surface area contributed by atoms with E-state index in [-0.39, 0.29) is 43.0 Å². The molecule has 43 heavy (non-hydrogen) atoms. The van der Waals surface area contributed by atoms with Gasteiger partial charge in [0.1, 0.15) is 30.8 Å². The van der Waals surface area contributed by atoms with Crippen LogP contribution in [0.1, 0.15) is 40.7 Å². The quantitative estimate of drug-likeness (QED) is 0.207. The summed E-state index contributed by atoms with van der Waals surface area (Å²) in [6, 6.07) is 30.0. The Morgan fingerprint density at radius 2 is 1.65 bits per heavy atom. The van der Waals surface area contributed by atoms with Crippen LogP contribution in [0.5, 0.6) is 11.5 Å². The highest BCUT2D eigenvalue weighted by Gasteiger charge is 2.40. The average Bonchev–Trinajstić information content (AvgIpc) is 3.30. The van der Waals surface area contributed by atoms with Gasteiger partial charge in [0, 0.05) is 24.7 Å². The number of halogens is 1. The number of fused-ring (bicyclic) bond motifs is 2. The summed E-state index contributed by atoms with van der Waals surface area (Å²) in [5.74, 6) is 0.641. The molecule has 0 fully saturated rings. The van der Waals surface area contributed by atoms with Gasteiger partial charge in [0.25, 0.3) is 5.91 Å². The van der Waals surface area contributed by atoms with Crippen molar-refractivity contribution in [3.8, 4) is 11.5 Å². The maximum atomic E-state index is 13.9. The van der Waals surface area contributed by atoms with Crippen LogP contribution in [-0.2, 0) is 16.1 Å². The SMILES string of the molecule is CC1C(CC(=O)OCc2ccccc2)c2ccccc2N1C(=O)c1ccc(OC[C@@H]2CN(C)c3ccccc3O2)cc1Cl. The first-order valence-corrected chi connectivity index (χ1v) is 14.8. The van der Waals surface area contributed by atoms with Gasteiger partial charge in [-0.1, -0.05) is 72.3 Å². The Morgan fingerprint density at radius 1 is 0.930 bits per heavy atom. The summed E-state index contributed by atoms with van der Waals surface area (Å²) >= 11 is 6.67. The van der Waals surface area contributed by atoms with Crippen molar-refractivity contribution in [2.24, 2.45) is 0 Å². The van der Waals surface area contributed by atoms with Crippen molar-refractivity contribution in [2.45, 2.75) is 38.0 Å². The molecule has 0 saturated carbocycles. The number of esters is 1. The first kappa shape index (κ1) is 28.6. The van der Waals surface area contributed by atoms with Crippen molar-refractivity contribution < 1.29 is 23.8 Å². The van der Waals surface area contributed by atoms with E-state index in [0.29, 0.717) is 29.5 Å². The Kier molecular flexibility index (Phi) is 8.25. The van der Waals surface area contributed by atoms with Crippen LogP contribution >= 0.6 is 11.6 Å². The second kappa shape index (κ2) is 12.4. The average molecular weight is 597 g/mol. The number of benzene rings is 4. The lowest BCUT2D eigenvalue weighted by Gasteiger charge is -2.33. The number of hydrogen-bond acceptors (Lipinski definition) is 6. The number of carbonyl (C=O) groups excluding carboxylic acids is 2. The molecular weight excluding hydrogens is 564 g/mol. The van der Waals surface area contributed by atoms with Gasteiger partial charge in [0.2, 0.25) is 0 Å². The highest BCUT2D eigenvalue weighted by atomic mass is 35.5. The van der Waals surface area contributed by atoms with E-state index in [1.165, 1.54) is 0 Å². The molecule has 1 amide bonds. The van der Waals surface area contributed by atoms with Gasteiger partial charge in [-0.3, -0.25) is 9.59 Å². The minimum absolute atomic E-state index is 0.154. The van der Waals surface area contributed by atoms with Gasteiger partial charge in [-0.2, -0.15) is 0 Å². The van der Waals surface area contributed by atoms with Crippen molar-refractivity contribution in [1.29, 1.82) is 0 Å². The number of anilines is 2. The maximum absolute atomic E-state index is 13.9. The summed E-state index contributed by atoms with van der Waals surface area (Å²) < 4.78 is 17.7. The third-order valence-corrected chi connectivity index (χ3v) is 8.40. The molecule has 0 bridgehead atoms. The molecule has 2 unspecified atom stereocenters. The third kappa shape index (κ3) is 6.04. The molecule has 6 rings (SSSR count). The van der Waals surface area contributed by atoms with Crippen LogP contribution in [-0.4, -0.2) is 44.2 Å². The Balaban J connectivity index is 1.12. The number of hydrogen-bond donors (Lipinski definition) is 0. The lowest BCUT2D eigenvalue weighted by Crippen LogP contribution is -2.41. The zero-order chi connectivity index (χ0) is 29.9. The summed E-state index contributed by atoms with van der Waals surface area (Å²) in [5, 5.41) is 0.296. The summed E-state index contributed by atoms with van der Waals surface area (Å²) in [7, 11) is 2.03. The Morgan fingerprint density at radius 3 is 2.44 bits per heavy atom. The van der Waals surface area contributed by atoms with E-state index >= 15 is 0 Å². The molecule has 0 aromatic heterocycles. The maximum Gasteiger partial charge on any atom is 0.306 e. The number of para-hydroxylation sites is 3. The summed E-state index contributed by atoms with van der Waals surface area (Å²) in [6.45, 7) is 3.19. The van der Waals surface area contributed by atoms with Crippen LogP contribution in [0.4, 0.5) is 11.4 Å². The van der Waals surface area contributed by atoms with Crippen LogP contribution in [0.15, 0.2) is 97.1 Å². The Hall–Kier alpha value is -4.49. The van der Waals surface area contributed by atoms with Crippen molar-refractivity contribution >= 4 is 34.9 Å². The number of nitrogens with zero attached hydrogens (tertiary/aromatic N) is 2. The van der Waals surface area contributed by atoms with Gasteiger partial charge in [-0.25, -0.2) is 0 Å². The van der Waals surface area contributed by atoms with Crippen LogP contribution < -0.4 is 19.3 Å². The van der Waals surface area contributed by atoms with Gasteiger partial charge in [-0.15, -0.1) is 0 Å². The lowest BCUT2D eigenvalue weighted by atomic mass is 9.92. The van der Waals surface area contributed by atoms with E-state index in [1.807, 2.05) is 92.8 Å². The first-order chi connectivity index (χ1) is 20.9. The molecular formula is C35H33ClN2O5. The minimum Gasteiger partial charge on any atom is -0.490 e. The molecule has 2 aliphatic rings. The van der Waals surface area contributed by atoms with Crippen LogP contribution in [0.3, 0.4) is 0 Å². The van der Waals surface area contributed by atoms with E-state index in [9.17, 15) is 9.59 Å². The van der Waals surface area contributed by atoms with E-state index < -0.39 is 0 Å². The lowest BCUT2D eigenvalue weighted by molar-refractivity contribution is -0.145. The summed E-state index contributed by atoms with van der Waals surface area (Å²) in [6.07, 6.45) is 0.0105. The molecule has 2 heterocycles. The number of carbonyl (C=O) groups is 2. The van der Waals surface area contributed by atoms with Crippen LogP contribution in [0.25, 0.3) is 0 Å². The van der Waals surface area contributed by atoms with Crippen molar-refractivity contribution in [2.75, 3.05) is 30.0 Å². The highest BCUT2D eigenvalue weighted by Crippen LogP contribution is 2.44. The number of rotatable bonds is 8. The van der Waals surface area contributed by atoms with Gasteiger partial charge in [0.05, 0.1) is 29.2 Å². The largest absolute Gasteiger partial charge is 0.490 e. The summed E-state index contributed by atoms with van der Waals surface area (Å²) in [4.78, 5) is 30.6. The smallest absolute Gasteiger partial charge is 0.306 e. The fourth-order valence-electron chi connectivity index (χ4n) is 5.89. The minimum atomic E-state index is -0.305. The molecule has 4 aromatic rings. The van der Waals surface area contributed by atoms with Crippen molar-refractivity contribution in [3.05, 3.63) is 119 Å². The fraction of sp³-hybridized carbons (Fsp3) is 0.257. The number of likely N-dealkylation sites (N-methyl/N-ethyl adjacent to an activating group) is 1. The Labute approximate surface area is 256 Å². The molecule has 2 aliphatic heterocycles. The molecule has 8 heteroatoms. The van der Waals surface area contributed by atoms with Crippen LogP contribution in [0, 0.1) is 0 Å². The Bertz CT molecular complexity index is 1630. The molecule has 0 spiro atoms. The summed E-state index contributed by atoms with van der Waals surface area (Å²) in [5.41, 5.74) is 4.06. The predicted octanol–water partition coefficient (Wildman–Crippen LogP) is 6.88. The van der Waals surface area contributed by atoms with Gasteiger partial charge in [0.15, 0.2) is 0 Å². The zero-order valence-corrected chi connectivity index (χ0v) is 24.9. The molecule has 7 nitrogen and oxygen atoms in total. The van der Waals surface area contributed by atoms with E-state index in [0.717, 1.165) is 28.3 Å². The molecule has 3 atom stereocenters. The fourth-order valence-corrected chi connectivity index (χ4v) is 6.14. The van der Waals surface area contributed by atoms with Crippen molar-refractivity contribution in [3.63, 3.8) is 0 Å². The monoisotopic (exact) mass is 596 g/mol. The normalized spacial score (nSPS) is 18.8. The molecule has 0 aliphatic carbocycles. The topological polar surface area (TPSA) is 68.3 Å². The van der Waals surface area contributed by atoms with E-state index in [2.05, 4.69) is 4.90 Å². The standard InChI is InChI=1S/C35H33ClN2O5/c1-23-29(19-34(39)42-21-24-10-4-3-5-11-24)27-12-6-7-13-31(27)38(23)35(40)28-17-16-25(18-30(28)36)41-22-26-20-37(2)32-14-8-9-15-33(32)43-26/h3-18,23,26,29H,19-22H2,1-2H3/t23?,26-,29?/m0/s1. The van der Waals surface area contributed by atoms with Crippen LogP contribution in [0.2, 0.25) is 5.02 Å². The van der Waals surface area contributed by atoms with E-state index in [1.54, 1.807) is 23.1 Å². The highest BCUT2D eigenvalue weighted by molar-refractivity contribution is 6.34. The first-order valence-electron chi connectivity index (χ1n) is 14.4.